The molecular formula is C24H34O2. The predicted molar refractivity (Wildman–Crippen MR) is 106 cm³/mol. The number of hydrogen-bond donors (Lipinski definition) is 0. The second kappa shape index (κ2) is 7.02. The average Bonchev–Trinajstić information content (AvgIpc) is 2.96. The quantitative estimate of drug-likeness (QED) is 0.620. The van der Waals surface area contributed by atoms with E-state index in [0.29, 0.717) is 23.5 Å². The van der Waals surface area contributed by atoms with Crippen LogP contribution in [0.4, 0.5) is 0 Å². The lowest BCUT2D eigenvalue weighted by molar-refractivity contribution is -0.129. The molecule has 1 aromatic rings. The molecule has 4 atom stereocenters. The highest BCUT2D eigenvalue weighted by Crippen LogP contribution is 2.59. The van der Waals surface area contributed by atoms with E-state index in [-0.39, 0.29) is 5.41 Å². The van der Waals surface area contributed by atoms with Crippen LogP contribution in [0.1, 0.15) is 88.3 Å². The Kier molecular flexibility index (Phi) is 4.88. The molecule has 0 bridgehead atoms. The van der Waals surface area contributed by atoms with Crippen LogP contribution < -0.4 is 4.74 Å². The van der Waals surface area contributed by atoms with Crippen LogP contribution in [0.2, 0.25) is 0 Å². The second-order valence-corrected chi connectivity index (χ2v) is 9.05. The topological polar surface area (TPSA) is 26.3 Å². The monoisotopic (exact) mass is 354 g/mol. The Morgan fingerprint density at radius 1 is 1.15 bits per heavy atom. The molecule has 0 amide bonds. The van der Waals surface area contributed by atoms with Gasteiger partial charge in [-0.2, -0.15) is 0 Å². The molecule has 4 rings (SSSR count). The van der Waals surface area contributed by atoms with Crippen molar-refractivity contribution >= 4 is 5.78 Å². The molecule has 1 aromatic carbocycles. The summed E-state index contributed by atoms with van der Waals surface area (Å²) >= 11 is 0. The number of ether oxygens (including phenoxy) is 1. The highest BCUT2D eigenvalue weighted by molar-refractivity contribution is 5.87. The third-order valence-electron chi connectivity index (χ3n) is 7.75. The van der Waals surface area contributed by atoms with Crippen molar-refractivity contribution in [3.05, 3.63) is 28.8 Å². The van der Waals surface area contributed by atoms with Crippen LogP contribution in [0.25, 0.3) is 0 Å². The fourth-order valence-corrected chi connectivity index (χ4v) is 6.15. The van der Waals surface area contributed by atoms with Crippen LogP contribution >= 0.6 is 0 Å². The fourth-order valence-electron chi connectivity index (χ4n) is 6.15. The van der Waals surface area contributed by atoms with Crippen molar-refractivity contribution in [2.24, 2.45) is 17.3 Å². The van der Waals surface area contributed by atoms with Gasteiger partial charge in [-0.1, -0.05) is 33.3 Å². The third kappa shape index (κ3) is 2.80. The van der Waals surface area contributed by atoms with Crippen LogP contribution in [0.3, 0.4) is 0 Å². The number of hydrogen-bond acceptors (Lipinski definition) is 2. The van der Waals surface area contributed by atoms with Crippen molar-refractivity contribution in [2.45, 2.75) is 84.5 Å². The lowest BCUT2D eigenvalue weighted by atomic mass is 9.55. The van der Waals surface area contributed by atoms with E-state index >= 15 is 0 Å². The largest absolute Gasteiger partial charge is 0.493 e. The van der Waals surface area contributed by atoms with E-state index in [0.717, 1.165) is 50.9 Å². The molecule has 3 aliphatic carbocycles. The zero-order valence-corrected chi connectivity index (χ0v) is 16.8. The molecule has 2 heteroatoms. The summed E-state index contributed by atoms with van der Waals surface area (Å²) < 4.78 is 6.13. The van der Waals surface area contributed by atoms with E-state index in [4.69, 9.17) is 4.74 Å². The van der Waals surface area contributed by atoms with Gasteiger partial charge in [-0.05, 0) is 85.5 Å². The van der Waals surface area contributed by atoms with E-state index < -0.39 is 0 Å². The highest BCUT2D eigenvalue weighted by atomic mass is 16.5. The van der Waals surface area contributed by atoms with Gasteiger partial charge in [0.25, 0.3) is 0 Å². The summed E-state index contributed by atoms with van der Waals surface area (Å²) in [6.07, 6.45) is 9.98. The summed E-state index contributed by atoms with van der Waals surface area (Å²) in [4.78, 5) is 12.5. The van der Waals surface area contributed by atoms with Gasteiger partial charge in [-0.15, -0.1) is 0 Å². The molecule has 2 saturated carbocycles. The first kappa shape index (κ1) is 18.1. The van der Waals surface area contributed by atoms with Gasteiger partial charge in [-0.3, -0.25) is 4.79 Å². The molecule has 2 fully saturated rings. The van der Waals surface area contributed by atoms with E-state index in [2.05, 4.69) is 32.9 Å². The molecule has 0 aliphatic heterocycles. The predicted octanol–water partition coefficient (Wildman–Crippen LogP) is 5.85. The van der Waals surface area contributed by atoms with E-state index in [9.17, 15) is 4.79 Å². The van der Waals surface area contributed by atoms with Crippen molar-refractivity contribution in [3.63, 3.8) is 0 Å². The Hall–Kier alpha value is -1.31. The molecule has 0 unspecified atom stereocenters. The number of unbranched alkanes of at least 4 members (excludes halogenated alkanes) is 1. The van der Waals surface area contributed by atoms with Crippen LogP contribution in [0.5, 0.6) is 5.75 Å². The van der Waals surface area contributed by atoms with Gasteiger partial charge < -0.3 is 4.74 Å². The van der Waals surface area contributed by atoms with Gasteiger partial charge in [0.1, 0.15) is 11.5 Å². The number of ketones is 1. The number of carbonyl (C=O) groups is 1. The third-order valence-corrected chi connectivity index (χ3v) is 7.75. The first-order valence-corrected chi connectivity index (χ1v) is 10.9. The zero-order chi connectivity index (χ0) is 18.3. The standard InChI is InChI=1S/C24H34O2/c1-4-6-13-26-22-15-17-7-8-19-18(20(17)14-16(22)5-2)11-12-24(3)21(19)9-10-23(24)25/h14-15,18-19,21H,4-13H2,1-3H3/t18-,19+,21-,24-/m0/s1. The average molecular weight is 355 g/mol. The lowest BCUT2D eigenvalue weighted by Gasteiger charge is -2.48. The Morgan fingerprint density at radius 3 is 2.77 bits per heavy atom. The van der Waals surface area contributed by atoms with Gasteiger partial charge in [0, 0.05) is 11.8 Å². The Bertz CT molecular complexity index is 692. The van der Waals surface area contributed by atoms with Crippen molar-refractivity contribution in [2.75, 3.05) is 6.61 Å². The summed E-state index contributed by atoms with van der Waals surface area (Å²) in [6.45, 7) is 7.54. The van der Waals surface area contributed by atoms with Crippen molar-refractivity contribution < 1.29 is 9.53 Å². The van der Waals surface area contributed by atoms with E-state index in [1.165, 1.54) is 30.4 Å². The maximum absolute atomic E-state index is 12.5. The number of aryl methyl sites for hydroxylation is 2. The molecule has 142 valence electrons. The minimum Gasteiger partial charge on any atom is -0.493 e. The summed E-state index contributed by atoms with van der Waals surface area (Å²) in [6, 6.07) is 4.82. The summed E-state index contributed by atoms with van der Waals surface area (Å²) in [5.74, 6) is 3.66. The normalized spacial score (nSPS) is 32.7. The van der Waals surface area contributed by atoms with Crippen LogP contribution in [0.15, 0.2) is 12.1 Å². The fraction of sp³-hybridized carbons (Fsp3) is 0.708. The number of Topliss-reactive ketones (excluding diaryl/α,β-unsaturated/α-hetero) is 1. The number of carbonyl (C=O) groups excluding carboxylic acids is 1. The molecule has 3 aliphatic rings. The Balaban J connectivity index is 1.63. The molecule has 0 saturated heterocycles. The highest BCUT2D eigenvalue weighted by Gasteiger charge is 2.54. The van der Waals surface area contributed by atoms with Crippen LogP contribution in [-0.4, -0.2) is 12.4 Å². The molecular weight excluding hydrogens is 320 g/mol. The summed E-state index contributed by atoms with van der Waals surface area (Å²) in [5, 5.41) is 0. The van der Waals surface area contributed by atoms with Gasteiger partial charge in [0.2, 0.25) is 0 Å². The molecule has 0 aromatic heterocycles. The van der Waals surface area contributed by atoms with Crippen molar-refractivity contribution in [1.29, 1.82) is 0 Å². The first-order chi connectivity index (χ1) is 12.6. The molecule has 26 heavy (non-hydrogen) atoms. The molecule has 0 heterocycles. The maximum Gasteiger partial charge on any atom is 0.139 e. The maximum atomic E-state index is 12.5. The minimum atomic E-state index is -0.0184. The number of benzene rings is 1. The van der Waals surface area contributed by atoms with Gasteiger partial charge in [0.05, 0.1) is 6.61 Å². The summed E-state index contributed by atoms with van der Waals surface area (Å²) in [5.41, 5.74) is 4.46. The van der Waals surface area contributed by atoms with Gasteiger partial charge in [0.15, 0.2) is 0 Å². The lowest BCUT2D eigenvalue weighted by Crippen LogP contribution is -2.42. The number of rotatable bonds is 5. The second-order valence-electron chi connectivity index (χ2n) is 9.05. The van der Waals surface area contributed by atoms with Crippen LogP contribution in [0, 0.1) is 17.3 Å². The molecule has 0 radical (unpaired) electrons. The first-order valence-electron chi connectivity index (χ1n) is 10.9. The van der Waals surface area contributed by atoms with Crippen molar-refractivity contribution in [1.82, 2.24) is 0 Å². The van der Waals surface area contributed by atoms with E-state index in [1.54, 1.807) is 5.56 Å². The van der Waals surface area contributed by atoms with E-state index in [1.807, 2.05) is 0 Å². The van der Waals surface area contributed by atoms with Crippen molar-refractivity contribution in [3.8, 4) is 5.75 Å². The van der Waals surface area contributed by atoms with Gasteiger partial charge in [-0.25, -0.2) is 0 Å². The Labute approximate surface area is 158 Å². The summed E-state index contributed by atoms with van der Waals surface area (Å²) in [7, 11) is 0. The SMILES string of the molecule is CCCCOc1cc2c(cc1CC)[C@H]1CC[C@]3(C)C(=O)CC[C@H]3[C@@H]1CC2. The smallest absolute Gasteiger partial charge is 0.139 e. The Morgan fingerprint density at radius 2 is 2.00 bits per heavy atom. The van der Waals surface area contributed by atoms with Crippen LogP contribution in [-0.2, 0) is 17.6 Å². The molecule has 2 nitrogen and oxygen atoms in total. The number of fused-ring (bicyclic) bond motifs is 5. The van der Waals surface area contributed by atoms with Gasteiger partial charge >= 0.3 is 0 Å². The minimum absolute atomic E-state index is 0.0184. The zero-order valence-electron chi connectivity index (χ0n) is 16.8. The molecule has 0 spiro atoms. The molecule has 0 N–H and O–H groups in total.